The van der Waals surface area contributed by atoms with Crippen LogP contribution in [0.25, 0.3) is 22.3 Å². The fourth-order valence-corrected chi connectivity index (χ4v) is 3.48. The molecular formula is C22H26O. The third kappa shape index (κ3) is 2.22. The highest BCUT2D eigenvalue weighted by atomic mass is 16.3. The molecule has 1 heteroatoms. The van der Waals surface area contributed by atoms with Gasteiger partial charge in [0.05, 0.1) is 0 Å². The molecule has 1 heterocycles. The minimum absolute atomic E-state index is 0.986. The van der Waals surface area contributed by atoms with E-state index in [1.165, 1.54) is 55.5 Å². The van der Waals surface area contributed by atoms with Crippen LogP contribution < -0.4 is 0 Å². The molecule has 0 N–H and O–H groups in total. The molecule has 0 radical (unpaired) electrons. The summed E-state index contributed by atoms with van der Waals surface area (Å²) in [5.41, 5.74) is 12.9. The average Bonchev–Trinajstić information content (AvgIpc) is 2.97. The molecule has 0 aliphatic heterocycles. The van der Waals surface area contributed by atoms with Gasteiger partial charge in [-0.05, 0) is 112 Å². The minimum atomic E-state index is 0.986. The molecule has 0 spiro atoms. The van der Waals surface area contributed by atoms with Crippen molar-refractivity contribution in [2.24, 2.45) is 0 Å². The lowest BCUT2D eigenvalue weighted by Gasteiger charge is -2.12. The van der Waals surface area contributed by atoms with Gasteiger partial charge in [-0.1, -0.05) is 0 Å². The van der Waals surface area contributed by atoms with Crippen molar-refractivity contribution in [2.45, 2.75) is 55.4 Å². The van der Waals surface area contributed by atoms with Crippen LogP contribution in [0.2, 0.25) is 0 Å². The second-order valence-electron chi connectivity index (χ2n) is 6.97. The Bertz CT molecular complexity index is 894. The first-order valence-corrected chi connectivity index (χ1v) is 8.31. The molecule has 0 amide bonds. The summed E-state index contributed by atoms with van der Waals surface area (Å²) in [4.78, 5) is 0. The first-order chi connectivity index (χ1) is 10.7. The largest absolute Gasteiger partial charge is 0.456 e. The van der Waals surface area contributed by atoms with Crippen LogP contribution in [0.4, 0.5) is 0 Å². The molecule has 0 saturated carbocycles. The normalized spacial score (nSPS) is 11.5. The molecule has 1 nitrogen and oxygen atoms in total. The van der Waals surface area contributed by atoms with Crippen molar-refractivity contribution >= 4 is 11.0 Å². The summed E-state index contributed by atoms with van der Waals surface area (Å²) in [5, 5.41) is 1.25. The number of furan rings is 1. The molecule has 0 bridgehead atoms. The van der Waals surface area contributed by atoms with E-state index < -0.39 is 0 Å². The monoisotopic (exact) mass is 306 g/mol. The van der Waals surface area contributed by atoms with Crippen molar-refractivity contribution in [3.63, 3.8) is 0 Å². The van der Waals surface area contributed by atoms with E-state index in [4.69, 9.17) is 4.42 Å². The number of benzene rings is 2. The van der Waals surface area contributed by atoms with Crippen molar-refractivity contribution < 1.29 is 4.42 Å². The number of aryl methyl sites for hydroxylation is 3. The van der Waals surface area contributed by atoms with Gasteiger partial charge in [0.25, 0.3) is 0 Å². The fraction of sp³-hybridized carbons (Fsp3) is 0.364. The quantitative estimate of drug-likeness (QED) is 0.495. The molecule has 120 valence electrons. The molecular weight excluding hydrogens is 280 g/mol. The Hall–Kier alpha value is -2.02. The van der Waals surface area contributed by atoms with Gasteiger partial charge in [0.2, 0.25) is 0 Å². The first-order valence-electron chi connectivity index (χ1n) is 8.31. The maximum absolute atomic E-state index is 6.33. The highest BCUT2D eigenvalue weighted by molar-refractivity contribution is 5.90. The van der Waals surface area contributed by atoms with Gasteiger partial charge in [-0.15, -0.1) is 0 Å². The van der Waals surface area contributed by atoms with E-state index in [0.717, 1.165) is 11.3 Å². The Labute approximate surface area is 139 Å². The Kier molecular flexibility index (Phi) is 3.63. The molecule has 23 heavy (non-hydrogen) atoms. The van der Waals surface area contributed by atoms with Gasteiger partial charge in [-0.3, -0.25) is 0 Å². The van der Waals surface area contributed by atoms with Gasteiger partial charge in [-0.2, -0.15) is 0 Å². The Morgan fingerprint density at radius 1 is 0.565 bits per heavy atom. The molecule has 0 aliphatic rings. The molecule has 0 atom stereocenters. The van der Waals surface area contributed by atoms with E-state index >= 15 is 0 Å². The van der Waals surface area contributed by atoms with Crippen LogP contribution >= 0.6 is 0 Å². The topological polar surface area (TPSA) is 13.1 Å². The van der Waals surface area contributed by atoms with Crippen molar-refractivity contribution in [1.82, 2.24) is 0 Å². The zero-order valence-electron chi connectivity index (χ0n) is 15.6. The number of fused-ring (bicyclic) bond motifs is 1. The predicted octanol–water partition coefficient (Wildman–Crippen LogP) is 6.57. The van der Waals surface area contributed by atoms with Crippen LogP contribution in [0.15, 0.2) is 16.5 Å². The van der Waals surface area contributed by atoms with E-state index in [-0.39, 0.29) is 0 Å². The van der Waals surface area contributed by atoms with E-state index in [1.807, 2.05) is 0 Å². The van der Waals surface area contributed by atoms with E-state index in [9.17, 15) is 0 Å². The maximum atomic E-state index is 6.33. The standard InChI is InChI=1S/C22H26O/c1-11-9-19(16(6)13(3)12(11)2)21-10-20-17(7)14(4)15(5)18(8)22(20)23-21/h9-10H,1-8H3. The highest BCUT2D eigenvalue weighted by Gasteiger charge is 2.17. The molecule has 2 aromatic carbocycles. The fourth-order valence-electron chi connectivity index (χ4n) is 3.48. The Morgan fingerprint density at radius 3 is 1.78 bits per heavy atom. The molecule has 1 aromatic heterocycles. The molecule has 0 fully saturated rings. The lowest BCUT2D eigenvalue weighted by atomic mass is 9.93. The van der Waals surface area contributed by atoms with Gasteiger partial charge < -0.3 is 4.42 Å². The summed E-state index contributed by atoms with van der Waals surface area (Å²) >= 11 is 0. The molecule has 3 aromatic rings. The van der Waals surface area contributed by atoms with Gasteiger partial charge in [0.15, 0.2) is 0 Å². The van der Waals surface area contributed by atoms with Crippen LogP contribution in [-0.2, 0) is 0 Å². The van der Waals surface area contributed by atoms with Crippen molar-refractivity contribution in [1.29, 1.82) is 0 Å². The predicted molar refractivity (Wildman–Crippen MR) is 99.5 cm³/mol. The maximum Gasteiger partial charge on any atom is 0.138 e. The third-order valence-electron chi connectivity index (χ3n) is 5.91. The minimum Gasteiger partial charge on any atom is -0.456 e. The lowest BCUT2D eigenvalue weighted by molar-refractivity contribution is 0.627. The molecule has 3 rings (SSSR count). The second kappa shape index (κ2) is 5.26. The van der Waals surface area contributed by atoms with E-state index in [2.05, 4.69) is 67.5 Å². The van der Waals surface area contributed by atoms with Crippen LogP contribution in [0.5, 0.6) is 0 Å². The molecule has 0 aliphatic carbocycles. The summed E-state index contributed by atoms with van der Waals surface area (Å²) in [6.07, 6.45) is 0. The number of rotatable bonds is 1. The van der Waals surface area contributed by atoms with E-state index in [1.54, 1.807) is 0 Å². The Morgan fingerprint density at radius 2 is 1.13 bits per heavy atom. The summed E-state index contributed by atoms with van der Waals surface area (Å²) in [5.74, 6) is 0.986. The van der Waals surface area contributed by atoms with Gasteiger partial charge in [-0.25, -0.2) is 0 Å². The van der Waals surface area contributed by atoms with Crippen molar-refractivity contribution in [3.8, 4) is 11.3 Å². The Balaban J connectivity index is 2.36. The number of hydrogen-bond acceptors (Lipinski definition) is 1. The summed E-state index contributed by atoms with van der Waals surface area (Å²) in [7, 11) is 0. The van der Waals surface area contributed by atoms with Crippen LogP contribution in [0.1, 0.15) is 44.5 Å². The molecule has 0 unspecified atom stereocenters. The highest BCUT2D eigenvalue weighted by Crippen LogP contribution is 2.37. The van der Waals surface area contributed by atoms with Crippen LogP contribution in [-0.4, -0.2) is 0 Å². The van der Waals surface area contributed by atoms with Gasteiger partial charge >= 0.3 is 0 Å². The third-order valence-corrected chi connectivity index (χ3v) is 5.91. The smallest absolute Gasteiger partial charge is 0.138 e. The van der Waals surface area contributed by atoms with Crippen LogP contribution in [0.3, 0.4) is 0 Å². The van der Waals surface area contributed by atoms with Crippen LogP contribution in [0, 0.1) is 55.4 Å². The van der Waals surface area contributed by atoms with E-state index in [0.29, 0.717) is 0 Å². The van der Waals surface area contributed by atoms with Crippen molar-refractivity contribution in [3.05, 3.63) is 56.6 Å². The number of hydrogen-bond donors (Lipinski definition) is 0. The molecule has 0 saturated heterocycles. The van der Waals surface area contributed by atoms with Gasteiger partial charge in [0.1, 0.15) is 11.3 Å². The van der Waals surface area contributed by atoms with Crippen molar-refractivity contribution in [2.75, 3.05) is 0 Å². The summed E-state index contributed by atoms with van der Waals surface area (Å²) in [6, 6.07) is 4.49. The SMILES string of the molecule is Cc1cc(-c2cc3c(C)c(C)c(C)c(C)c3o2)c(C)c(C)c1C. The summed E-state index contributed by atoms with van der Waals surface area (Å²) < 4.78 is 6.33. The lowest BCUT2D eigenvalue weighted by Crippen LogP contribution is -1.93. The zero-order valence-corrected chi connectivity index (χ0v) is 15.6. The second-order valence-corrected chi connectivity index (χ2v) is 6.97. The van der Waals surface area contributed by atoms with Gasteiger partial charge in [0, 0.05) is 10.9 Å². The zero-order chi connectivity index (χ0) is 17.0. The average molecular weight is 306 g/mol. The summed E-state index contributed by atoms with van der Waals surface area (Å²) in [6.45, 7) is 17.5. The first kappa shape index (κ1) is 15.9.